The summed E-state index contributed by atoms with van der Waals surface area (Å²) in [5, 5.41) is 15.4. The molecule has 0 bridgehead atoms. The Morgan fingerprint density at radius 1 is 1.26 bits per heavy atom. The van der Waals surface area contributed by atoms with Gasteiger partial charge in [-0.3, -0.25) is 9.48 Å². The number of aryl methyl sites for hydroxylation is 2. The molecule has 0 radical (unpaired) electrons. The molecular weight excluding hydrogens is 246 g/mol. The minimum Gasteiger partial charge on any atom is -0.477 e. The Balaban J connectivity index is 2.32. The van der Waals surface area contributed by atoms with E-state index in [4.69, 9.17) is 5.11 Å². The maximum absolute atomic E-state index is 12.1. The van der Waals surface area contributed by atoms with Gasteiger partial charge in [0, 0.05) is 12.6 Å². The molecule has 0 unspecified atom stereocenters. The van der Waals surface area contributed by atoms with Crippen molar-refractivity contribution in [2.75, 3.05) is 5.32 Å². The number of benzene rings is 1. The molecule has 2 N–H and O–H groups in total. The van der Waals surface area contributed by atoms with Gasteiger partial charge in [0.05, 0.1) is 6.20 Å². The van der Waals surface area contributed by atoms with Gasteiger partial charge >= 0.3 is 5.97 Å². The second-order valence-corrected chi connectivity index (χ2v) is 4.10. The predicted molar refractivity (Wildman–Crippen MR) is 69.3 cm³/mol. The van der Waals surface area contributed by atoms with Crippen molar-refractivity contribution in [3.05, 3.63) is 47.2 Å². The number of anilines is 1. The number of carbonyl (C=O) groups excluding carboxylic acids is 1. The summed E-state index contributed by atoms with van der Waals surface area (Å²) in [6.07, 6.45) is 1.20. The molecule has 2 rings (SSSR count). The third kappa shape index (κ3) is 2.47. The number of nitrogens with zero attached hydrogens (tertiary/aromatic N) is 2. The number of carbonyl (C=O) groups is 2. The highest BCUT2D eigenvalue weighted by Gasteiger charge is 2.18. The van der Waals surface area contributed by atoms with E-state index >= 15 is 0 Å². The van der Waals surface area contributed by atoms with Crippen molar-refractivity contribution in [3.8, 4) is 0 Å². The molecule has 98 valence electrons. The molecule has 0 atom stereocenters. The van der Waals surface area contributed by atoms with E-state index in [-0.39, 0.29) is 17.3 Å². The molecule has 2 aromatic rings. The zero-order chi connectivity index (χ0) is 14.0. The molecule has 0 spiro atoms. The van der Waals surface area contributed by atoms with Crippen LogP contribution in [0.2, 0.25) is 0 Å². The van der Waals surface area contributed by atoms with Crippen LogP contribution in [0.1, 0.15) is 26.3 Å². The lowest BCUT2D eigenvalue weighted by Gasteiger charge is -2.08. The van der Waals surface area contributed by atoms with E-state index in [0.717, 1.165) is 5.56 Å². The Labute approximate surface area is 109 Å². The van der Waals surface area contributed by atoms with E-state index in [1.807, 2.05) is 19.1 Å². The first-order valence-electron chi connectivity index (χ1n) is 5.63. The van der Waals surface area contributed by atoms with Gasteiger partial charge in [0.15, 0.2) is 0 Å². The first-order chi connectivity index (χ1) is 9.00. The molecule has 0 saturated heterocycles. The summed E-state index contributed by atoms with van der Waals surface area (Å²) in [5.41, 5.74) is 1.28. The fourth-order valence-electron chi connectivity index (χ4n) is 1.74. The molecule has 1 amide bonds. The monoisotopic (exact) mass is 259 g/mol. The SMILES string of the molecule is Cc1ccccc1C(=O)Nc1c(C(=O)O)cnn1C. The van der Waals surface area contributed by atoms with Gasteiger partial charge in [-0.1, -0.05) is 18.2 Å². The Bertz CT molecular complexity index is 646. The van der Waals surface area contributed by atoms with Crippen molar-refractivity contribution < 1.29 is 14.7 Å². The van der Waals surface area contributed by atoms with E-state index in [9.17, 15) is 9.59 Å². The Morgan fingerprint density at radius 2 is 1.95 bits per heavy atom. The van der Waals surface area contributed by atoms with Crippen molar-refractivity contribution in [1.29, 1.82) is 0 Å². The van der Waals surface area contributed by atoms with Crippen LogP contribution in [0.3, 0.4) is 0 Å². The zero-order valence-electron chi connectivity index (χ0n) is 10.5. The summed E-state index contributed by atoms with van der Waals surface area (Å²) in [5.74, 6) is -1.32. The van der Waals surface area contributed by atoms with Crippen molar-refractivity contribution in [1.82, 2.24) is 9.78 Å². The summed E-state index contributed by atoms with van der Waals surface area (Å²) in [7, 11) is 1.57. The number of carboxylic acids is 1. The van der Waals surface area contributed by atoms with Crippen LogP contribution in [0.25, 0.3) is 0 Å². The number of aromatic nitrogens is 2. The molecular formula is C13H13N3O3. The van der Waals surface area contributed by atoms with Crippen LogP contribution in [0.5, 0.6) is 0 Å². The van der Waals surface area contributed by atoms with Crippen LogP contribution in [0.4, 0.5) is 5.82 Å². The molecule has 0 saturated carbocycles. The Hall–Kier alpha value is -2.63. The molecule has 6 nitrogen and oxygen atoms in total. The third-order valence-electron chi connectivity index (χ3n) is 2.79. The number of carboxylic acid groups (broad SMARTS) is 1. The van der Waals surface area contributed by atoms with Gasteiger partial charge in [-0.15, -0.1) is 0 Å². The smallest absolute Gasteiger partial charge is 0.341 e. The zero-order valence-corrected chi connectivity index (χ0v) is 10.5. The van der Waals surface area contributed by atoms with Crippen molar-refractivity contribution in [3.63, 3.8) is 0 Å². The van der Waals surface area contributed by atoms with Gasteiger partial charge in [-0.2, -0.15) is 5.10 Å². The molecule has 1 aromatic heterocycles. The summed E-state index contributed by atoms with van der Waals surface area (Å²) in [6.45, 7) is 1.82. The quantitative estimate of drug-likeness (QED) is 0.878. The summed E-state index contributed by atoms with van der Waals surface area (Å²) < 4.78 is 1.32. The second kappa shape index (κ2) is 4.93. The normalized spacial score (nSPS) is 10.2. The van der Waals surface area contributed by atoms with E-state index < -0.39 is 5.97 Å². The first-order valence-corrected chi connectivity index (χ1v) is 5.63. The fraction of sp³-hybridized carbons (Fsp3) is 0.154. The van der Waals surface area contributed by atoms with Crippen LogP contribution >= 0.6 is 0 Å². The molecule has 0 fully saturated rings. The van der Waals surface area contributed by atoms with Crippen LogP contribution in [-0.4, -0.2) is 26.8 Å². The summed E-state index contributed by atoms with van der Waals surface area (Å²) >= 11 is 0. The maximum Gasteiger partial charge on any atom is 0.341 e. The molecule has 0 aliphatic rings. The van der Waals surface area contributed by atoms with E-state index in [1.165, 1.54) is 10.9 Å². The maximum atomic E-state index is 12.1. The van der Waals surface area contributed by atoms with Gasteiger partial charge in [-0.25, -0.2) is 4.79 Å². The summed E-state index contributed by atoms with van der Waals surface area (Å²) in [6, 6.07) is 7.08. The number of aromatic carboxylic acids is 1. The van der Waals surface area contributed by atoms with Crippen molar-refractivity contribution >= 4 is 17.7 Å². The minimum absolute atomic E-state index is 0.0376. The highest BCUT2D eigenvalue weighted by atomic mass is 16.4. The van der Waals surface area contributed by atoms with Crippen LogP contribution < -0.4 is 5.32 Å². The molecule has 1 aromatic carbocycles. The number of nitrogens with one attached hydrogen (secondary N) is 1. The van der Waals surface area contributed by atoms with Gasteiger partial charge in [0.1, 0.15) is 11.4 Å². The first kappa shape index (κ1) is 12.8. The van der Waals surface area contributed by atoms with Gasteiger partial charge in [0.25, 0.3) is 5.91 Å². The average molecular weight is 259 g/mol. The summed E-state index contributed by atoms with van der Waals surface area (Å²) in [4.78, 5) is 23.1. The number of rotatable bonds is 3. The number of amides is 1. The fourth-order valence-corrected chi connectivity index (χ4v) is 1.74. The minimum atomic E-state index is -1.13. The standard InChI is InChI=1S/C13H13N3O3/c1-8-5-3-4-6-9(8)12(17)15-11-10(13(18)19)7-14-16(11)2/h3-7H,1-2H3,(H,15,17)(H,18,19). The van der Waals surface area contributed by atoms with Crippen LogP contribution in [0.15, 0.2) is 30.5 Å². The van der Waals surface area contributed by atoms with Gasteiger partial charge in [-0.05, 0) is 18.6 Å². The second-order valence-electron chi connectivity index (χ2n) is 4.10. The molecule has 0 aliphatic heterocycles. The van der Waals surface area contributed by atoms with Crippen LogP contribution in [-0.2, 0) is 7.05 Å². The predicted octanol–water partition coefficient (Wildman–Crippen LogP) is 1.68. The van der Waals surface area contributed by atoms with Gasteiger partial charge in [0.2, 0.25) is 0 Å². The lowest BCUT2D eigenvalue weighted by Crippen LogP contribution is -2.17. The Kier molecular flexibility index (Phi) is 3.33. The molecule has 1 heterocycles. The average Bonchev–Trinajstić information content (AvgIpc) is 2.71. The molecule has 0 aliphatic carbocycles. The van der Waals surface area contributed by atoms with Gasteiger partial charge < -0.3 is 10.4 Å². The topological polar surface area (TPSA) is 84.2 Å². The van der Waals surface area contributed by atoms with Crippen molar-refractivity contribution in [2.45, 2.75) is 6.92 Å². The van der Waals surface area contributed by atoms with E-state index in [1.54, 1.807) is 19.2 Å². The Morgan fingerprint density at radius 3 is 2.58 bits per heavy atom. The van der Waals surface area contributed by atoms with E-state index in [0.29, 0.717) is 5.56 Å². The van der Waals surface area contributed by atoms with Crippen molar-refractivity contribution in [2.24, 2.45) is 7.05 Å². The lowest BCUT2D eigenvalue weighted by molar-refractivity contribution is 0.0698. The highest BCUT2D eigenvalue weighted by Crippen LogP contribution is 2.16. The van der Waals surface area contributed by atoms with Crippen LogP contribution in [0, 0.1) is 6.92 Å². The number of hydrogen-bond acceptors (Lipinski definition) is 3. The highest BCUT2D eigenvalue weighted by molar-refractivity contribution is 6.07. The third-order valence-corrected chi connectivity index (χ3v) is 2.79. The lowest BCUT2D eigenvalue weighted by atomic mass is 10.1. The number of hydrogen-bond donors (Lipinski definition) is 2. The molecule has 6 heteroatoms. The molecule has 19 heavy (non-hydrogen) atoms. The van der Waals surface area contributed by atoms with E-state index in [2.05, 4.69) is 10.4 Å². The largest absolute Gasteiger partial charge is 0.477 e.